The molecule has 0 radical (unpaired) electrons. The van der Waals surface area contributed by atoms with Crippen molar-refractivity contribution in [2.45, 2.75) is 29.6 Å². The molecule has 31 heavy (non-hydrogen) atoms. The monoisotopic (exact) mass is 479 g/mol. The van der Waals surface area contributed by atoms with Crippen LogP contribution in [0.25, 0.3) is 0 Å². The van der Waals surface area contributed by atoms with E-state index in [0.29, 0.717) is 29.5 Å². The number of sulfonamides is 1. The van der Waals surface area contributed by atoms with Crippen molar-refractivity contribution in [3.63, 3.8) is 0 Å². The zero-order chi connectivity index (χ0) is 22.2. The normalized spacial score (nSPS) is 17.0. The fourth-order valence-electron chi connectivity index (χ4n) is 3.66. The average molecular weight is 480 g/mol. The number of benzene rings is 2. The maximum atomic E-state index is 13.0. The third kappa shape index (κ3) is 4.59. The molecule has 10 heteroatoms. The zero-order valence-corrected chi connectivity index (χ0v) is 19.3. The number of carbonyl (C=O) groups is 2. The Morgan fingerprint density at radius 3 is 2.65 bits per heavy atom. The first-order valence-corrected chi connectivity index (χ1v) is 12.7. The van der Waals surface area contributed by atoms with E-state index in [0.717, 1.165) is 23.3 Å². The van der Waals surface area contributed by atoms with Gasteiger partial charge in [0, 0.05) is 28.7 Å². The number of thioether (sulfide) groups is 1. The summed E-state index contributed by atoms with van der Waals surface area (Å²) in [6.45, 7) is 2.63. The molecule has 0 unspecified atom stereocenters. The van der Waals surface area contributed by atoms with Crippen LogP contribution >= 0.6 is 23.4 Å². The molecule has 4 rings (SSSR count). The van der Waals surface area contributed by atoms with E-state index in [1.54, 1.807) is 30.3 Å². The Morgan fingerprint density at radius 1 is 1.16 bits per heavy atom. The SMILES string of the molecule is Cc1ccc(Cl)cc1NC(=O)CN1C(=O)CSc2ccc(S(=O)(=O)N3CCCC3)cc21. The molecule has 2 aliphatic heterocycles. The first kappa shape index (κ1) is 22.1. The summed E-state index contributed by atoms with van der Waals surface area (Å²) in [4.78, 5) is 27.6. The Hall–Kier alpha value is -2.07. The van der Waals surface area contributed by atoms with Crippen LogP contribution in [0.5, 0.6) is 0 Å². The van der Waals surface area contributed by atoms with Crippen LogP contribution in [0.2, 0.25) is 5.02 Å². The van der Waals surface area contributed by atoms with Gasteiger partial charge in [-0.1, -0.05) is 17.7 Å². The Bertz CT molecular complexity index is 1150. The first-order valence-electron chi connectivity index (χ1n) is 9.89. The van der Waals surface area contributed by atoms with Gasteiger partial charge in [-0.15, -0.1) is 11.8 Å². The molecule has 1 saturated heterocycles. The van der Waals surface area contributed by atoms with E-state index in [2.05, 4.69) is 5.32 Å². The summed E-state index contributed by atoms with van der Waals surface area (Å²) < 4.78 is 27.4. The lowest BCUT2D eigenvalue weighted by Gasteiger charge is -2.29. The lowest BCUT2D eigenvalue weighted by Crippen LogP contribution is -2.41. The van der Waals surface area contributed by atoms with Crippen molar-refractivity contribution in [2.24, 2.45) is 0 Å². The highest BCUT2D eigenvalue weighted by atomic mass is 35.5. The van der Waals surface area contributed by atoms with E-state index in [1.165, 1.54) is 27.0 Å². The van der Waals surface area contributed by atoms with Gasteiger partial charge in [0.1, 0.15) is 6.54 Å². The largest absolute Gasteiger partial charge is 0.324 e. The molecular weight excluding hydrogens is 458 g/mol. The van der Waals surface area contributed by atoms with Crippen molar-refractivity contribution < 1.29 is 18.0 Å². The zero-order valence-electron chi connectivity index (χ0n) is 16.9. The average Bonchev–Trinajstić information content (AvgIpc) is 3.28. The molecule has 0 bridgehead atoms. The maximum Gasteiger partial charge on any atom is 0.244 e. The van der Waals surface area contributed by atoms with Crippen molar-refractivity contribution >= 4 is 56.6 Å². The molecule has 0 aromatic heterocycles. The van der Waals surface area contributed by atoms with Gasteiger partial charge in [0.2, 0.25) is 21.8 Å². The van der Waals surface area contributed by atoms with Crippen LogP contribution < -0.4 is 10.2 Å². The van der Waals surface area contributed by atoms with Crippen molar-refractivity contribution in [1.29, 1.82) is 0 Å². The number of anilines is 2. The molecule has 7 nitrogen and oxygen atoms in total. The van der Waals surface area contributed by atoms with Gasteiger partial charge in [-0.25, -0.2) is 8.42 Å². The van der Waals surface area contributed by atoms with Gasteiger partial charge in [-0.05, 0) is 55.7 Å². The quantitative estimate of drug-likeness (QED) is 0.709. The van der Waals surface area contributed by atoms with Gasteiger partial charge >= 0.3 is 0 Å². The Kier molecular flexibility index (Phi) is 6.30. The first-order chi connectivity index (χ1) is 14.8. The van der Waals surface area contributed by atoms with Crippen LogP contribution in [0.15, 0.2) is 46.2 Å². The molecule has 0 spiro atoms. The van der Waals surface area contributed by atoms with E-state index in [-0.39, 0.29) is 29.0 Å². The number of fused-ring (bicyclic) bond motifs is 1. The number of aryl methyl sites for hydroxylation is 1. The number of carbonyl (C=O) groups excluding carboxylic acids is 2. The van der Waals surface area contributed by atoms with Crippen LogP contribution in [0.3, 0.4) is 0 Å². The van der Waals surface area contributed by atoms with Gasteiger partial charge < -0.3 is 10.2 Å². The lowest BCUT2D eigenvalue weighted by atomic mass is 10.2. The van der Waals surface area contributed by atoms with Crippen LogP contribution in [0.1, 0.15) is 18.4 Å². The van der Waals surface area contributed by atoms with Crippen LogP contribution in [0.4, 0.5) is 11.4 Å². The van der Waals surface area contributed by atoms with Gasteiger partial charge in [0.25, 0.3) is 0 Å². The van der Waals surface area contributed by atoms with Gasteiger partial charge in [0.05, 0.1) is 16.3 Å². The highest BCUT2D eigenvalue weighted by Gasteiger charge is 2.31. The Labute approximate surface area is 190 Å². The minimum absolute atomic E-state index is 0.138. The third-order valence-electron chi connectivity index (χ3n) is 5.35. The van der Waals surface area contributed by atoms with E-state index in [4.69, 9.17) is 11.6 Å². The predicted octanol–water partition coefficient (Wildman–Crippen LogP) is 3.51. The van der Waals surface area contributed by atoms with E-state index < -0.39 is 10.0 Å². The second kappa shape index (κ2) is 8.82. The van der Waals surface area contributed by atoms with Crippen LogP contribution in [0, 0.1) is 6.92 Å². The minimum atomic E-state index is -3.63. The predicted molar refractivity (Wildman–Crippen MR) is 122 cm³/mol. The summed E-state index contributed by atoms with van der Waals surface area (Å²) in [5, 5.41) is 3.28. The van der Waals surface area contributed by atoms with E-state index >= 15 is 0 Å². The molecular formula is C21H22ClN3O4S2. The fraction of sp³-hybridized carbons (Fsp3) is 0.333. The molecule has 0 aliphatic carbocycles. The highest BCUT2D eigenvalue weighted by molar-refractivity contribution is 8.00. The molecule has 0 atom stereocenters. The summed E-state index contributed by atoms with van der Waals surface area (Å²) >= 11 is 7.36. The molecule has 1 fully saturated rings. The van der Waals surface area contributed by atoms with E-state index in [9.17, 15) is 18.0 Å². The van der Waals surface area contributed by atoms with Crippen molar-refractivity contribution in [3.05, 3.63) is 47.0 Å². The van der Waals surface area contributed by atoms with Crippen LogP contribution in [-0.2, 0) is 19.6 Å². The number of rotatable bonds is 5. The summed E-state index contributed by atoms with van der Waals surface area (Å²) in [6, 6.07) is 9.97. The topological polar surface area (TPSA) is 86.8 Å². The number of nitrogens with zero attached hydrogens (tertiary/aromatic N) is 2. The van der Waals surface area contributed by atoms with Gasteiger partial charge in [-0.3, -0.25) is 9.59 Å². The molecule has 1 N–H and O–H groups in total. The second-order valence-corrected chi connectivity index (χ2v) is 10.9. The summed E-state index contributed by atoms with van der Waals surface area (Å²) in [5.41, 5.74) is 1.86. The van der Waals surface area contributed by atoms with Crippen molar-refractivity contribution in [3.8, 4) is 0 Å². The molecule has 0 saturated carbocycles. The number of hydrogen-bond donors (Lipinski definition) is 1. The third-order valence-corrected chi connectivity index (χ3v) is 8.53. The van der Waals surface area contributed by atoms with Gasteiger partial charge in [-0.2, -0.15) is 4.31 Å². The van der Waals surface area contributed by atoms with E-state index in [1.807, 2.05) is 6.92 Å². The fourth-order valence-corrected chi connectivity index (χ4v) is 6.28. The number of halogens is 1. The molecule has 164 valence electrons. The molecule has 2 amide bonds. The number of nitrogens with one attached hydrogen (secondary N) is 1. The van der Waals surface area contributed by atoms with Crippen molar-refractivity contribution in [2.75, 3.05) is 35.6 Å². The number of hydrogen-bond acceptors (Lipinski definition) is 5. The van der Waals surface area contributed by atoms with Crippen LogP contribution in [-0.4, -0.2) is 49.9 Å². The maximum absolute atomic E-state index is 13.0. The lowest BCUT2D eigenvalue weighted by molar-refractivity contribution is -0.120. The van der Waals surface area contributed by atoms with Crippen molar-refractivity contribution in [1.82, 2.24) is 4.31 Å². The summed E-state index contributed by atoms with van der Waals surface area (Å²) in [7, 11) is -3.63. The standard InChI is InChI=1S/C21H22ClN3O4S2/c1-14-4-5-15(22)10-17(14)23-20(26)12-25-18-11-16(6-7-19(18)30-13-21(25)27)31(28,29)24-8-2-3-9-24/h4-7,10-11H,2-3,8-9,12-13H2,1H3,(H,23,26). The second-order valence-electron chi connectivity index (χ2n) is 7.52. The minimum Gasteiger partial charge on any atom is -0.324 e. The molecule has 2 heterocycles. The number of amides is 2. The summed E-state index contributed by atoms with van der Waals surface area (Å²) in [6.07, 6.45) is 1.68. The Morgan fingerprint density at radius 2 is 1.90 bits per heavy atom. The smallest absolute Gasteiger partial charge is 0.244 e. The van der Waals surface area contributed by atoms with Gasteiger partial charge in [0.15, 0.2) is 0 Å². The Balaban J connectivity index is 1.60. The molecule has 2 aromatic rings. The molecule has 2 aliphatic rings. The highest BCUT2D eigenvalue weighted by Crippen LogP contribution is 2.37. The summed E-state index contributed by atoms with van der Waals surface area (Å²) in [5.74, 6) is -0.440. The molecule has 2 aromatic carbocycles.